The maximum Gasteiger partial charge on any atom is 0.416 e. The standard InChI is InChI=1S/C26H17F4N3O7S/c1-39-21-10-14(2-8-20(21)40-19-9-3-15(26(28,29)30)12-18(19)33(37)38)11-22-24(35)32(25(36)41-22)13-23(34)31-17-6-4-16(27)5-7-17/h2-12H,13H2,1H3,(H,31,34)/b22-11+. The number of halogens is 4. The molecule has 4 rings (SSSR count). The summed E-state index contributed by atoms with van der Waals surface area (Å²) in [5.74, 6) is -2.44. The third-order valence-electron chi connectivity index (χ3n) is 5.49. The van der Waals surface area contributed by atoms with Crippen LogP contribution in [0.4, 0.5) is 33.7 Å². The van der Waals surface area contributed by atoms with Crippen LogP contribution in [-0.4, -0.2) is 40.5 Å². The van der Waals surface area contributed by atoms with Crippen LogP contribution in [-0.2, 0) is 15.8 Å². The Labute approximate surface area is 232 Å². The third kappa shape index (κ3) is 6.81. The molecule has 1 saturated heterocycles. The van der Waals surface area contributed by atoms with E-state index in [1.807, 2.05) is 0 Å². The first-order chi connectivity index (χ1) is 19.3. The molecule has 1 N–H and O–H groups in total. The summed E-state index contributed by atoms with van der Waals surface area (Å²) in [6.45, 7) is -0.582. The first kappa shape index (κ1) is 29.1. The van der Waals surface area contributed by atoms with E-state index in [0.29, 0.717) is 29.5 Å². The van der Waals surface area contributed by atoms with E-state index in [1.54, 1.807) is 0 Å². The Balaban J connectivity index is 1.51. The Morgan fingerprint density at radius 3 is 2.37 bits per heavy atom. The van der Waals surface area contributed by atoms with E-state index in [1.165, 1.54) is 43.5 Å². The number of nitrogens with zero attached hydrogens (tertiary/aromatic N) is 2. The Hall–Kier alpha value is -4.92. The van der Waals surface area contributed by atoms with Crippen LogP contribution in [0.2, 0.25) is 0 Å². The Morgan fingerprint density at radius 1 is 1.05 bits per heavy atom. The molecule has 1 aliphatic heterocycles. The summed E-state index contributed by atoms with van der Waals surface area (Å²) in [6.07, 6.45) is -3.45. The molecule has 0 aromatic heterocycles. The van der Waals surface area contributed by atoms with Gasteiger partial charge in [0.1, 0.15) is 12.4 Å². The van der Waals surface area contributed by atoms with Gasteiger partial charge in [-0.3, -0.25) is 29.4 Å². The number of hydrogen-bond donors (Lipinski definition) is 1. The monoisotopic (exact) mass is 591 g/mol. The molecule has 41 heavy (non-hydrogen) atoms. The highest BCUT2D eigenvalue weighted by atomic mass is 32.2. The molecular formula is C26H17F4N3O7S. The quantitative estimate of drug-likeness (QED) is 0.141. The maximum absolute atomic E-state index is 13.0. The number of thioether (sulfide) groups is 1. The number of benzene rings is 3. The van der Waals surface area contributed by atoms with Crippen molar-refractivity contribution in [3.63, 3.8) is 0 Å². The zero-order valence-electron chi connectivity index (χ0n) is 20.7. The molecule has 1 heterocycles. The normalized spacial score (nSPS) is 14.4. The van der Waals surface area contributed by atoms with Gasteiger partial charge in [0, 0.05) is 11.8 Å². The van der Waals surface area contributed by atoms with Gasteiger partial charge in [0.15, 0.2) is 11.5 Å². The molecule has 15 heteroatoms. The van der Waals surface area contributed by atoms with E-state index in [9.17, 15) is 42.1 Å². The molecule has 0 atom stereocenters. The molecule has 0 bridgehead atoms. The predicted octanol–water partition coefficient (Wildman–Crippen LogP) is 6.23. The summed E-state index contributed by atoms with van der Waals surface area (Å²) in [7, 11) is 1.25. The highest BCUT2D eigenvalue weighted by Crippen LogP contribution is 2.41. The highest BCUT2D eigenvalue weighted by molar-refractivity contribution is 8.18. The number of anilines is 1. The lowest BCUT2D eigenvalue weighted by Crippen LogP contribution is -2.36. The van der Waals surface area contributed by atoms with Gasteiger partial charge in [-0.15, -0.1) is 0 Å². The van der Waals surface area contributed by atoms with Gasteiger partial charge in [0.2, 0.25) is 11.7 Å². The molecule has 3 aromatic rings. The van der Waals surface area contributed by atoms with Crippen LogP contribution < -0.4 is 14.8 Å². The lowest BCUT2D eigenvalue weighted by molar-refractivity contribution is -0.385. The number of hydrogen-bond acceptors (Lipinski definition) is 8. The van der Waals surface area contributed by atoms with Crippen molar-refractivity contribution >= 4 is 46.3 Å². The number of rotatable bonds is 8. The summed E-state index contributed by atoms with van der Waals surface area (Å²) in [5, 5.41) is 13.1. The van der Waals surface area contributed by atoms with Crippen LogP contribution in [0.1, 0.15) is 11.1 Å². The number of nitro benzene ring substituents is 1. The summed E-state index contributed by atoms with van der Waals surface area (Å²) in [5.41, 5.74) is -1.52. The fourth-order valence-electron chi connectivity index (χ4n) is 3.56. The van der Waals surface area contributed by atoms with Gasteiger partial charge in [-0.25, -0.2) is 4.39 Å². The van der Waals surface area contributed by atoms with Crippen molar-refractivity contribution < 1.29 is 46.3 Å². The number of nitro groups is 1. The second-order valence-corrected chi connectivity index (χ2v) is 9.27. The number of amides is 3. The summed E-state index contributed by atoms with van der Waals surface area (Å²) in [6, 6.07) is 10.8. The average molecular weight is 591 g/mol. The van der Waals surface area contributed by atoms with Gasteiger partial charge in [0.05, 0.1) is 22.5 Å². The van der Waals surface area contributed by atoms with Crippen LogP contribution in [0.3, 0.4) is 0 Å². The molecule has 1 fully saturated rings. The van der Waals surface area contributed by atoms with E-state index in [-0.39, 0.29) is 22.1 Å². The molecule has 212 valence electrons. The van der Waals surface area contributed by atoms with Gasteiger partial charge >= 0.3 is 11.9 Å². The number of nitrogens with one attached hydrogen (secondary N) is 1. The van der Waals surface area contributed by atoms with E-state index >= 15 is 0 Å². The first-order valence-corrected chi connectivity index (χ1v) is 12.2. The van der Waals surface area contributed by atoms with Gasteiger partial charge in [0.25, 0.3) is 11.1 Å². The van der Waals surface area contributed by atoms with Crippen LogP contribution in [0.15, 0.2) is 65.6 Å². The molecule has 3 amide bonds. The number of ether oxygens (including phenoxy) is 2. The molecule has 3 aromatic carbocycles. The minimum Gasteiger partial charge on any atom is -0.493 e. The van der Waals surface area contributed by atoms with Crippen molar-refractivity contribution in [1.82, 2.24) is 4.90 Å². The lowest BCUT2D eigenvalue weighted by atomic mass is 10.1. The molecule has 0 saturated carbocycles. The van der Waals surface area contributed by atoms with Gasteiger partial charge < -0.3 is 14.8 Å². The van der Waals surface area contributed by atoms with Crippen molar-refractivity contribution in [3.05, 3.63) is 92.6 Å². The van der Waals surface area contributed by atoms with Crippen LogP contribution in [0, 0.1) is 15.9 Å². The number of alkyl halides is 3. The fraction of sp³-hybridized carbons (Fsp3) is 0.115. The van der Waals surface area contributed by atoms with Crippen LogP contribution >= 0.6 is 11.8 Å². The average Bonchev–Trinajstić information content (AvgIpc) is 3.17. The van der Waals surface area contributed by atoms with E-state index in [4.69, 9.17) is 9.47 Å². The van der Waals surface area contributed by atoms with Gasteiger partial charge in [-0.2, -0.15) is 13.2 Å². The summed E-state index contributed by atoms with van der Waals surface area (Å²) < 4.78 is 62.7. The van der Waals surface area contributed by atoms with E-state index < -0.39 is 57.5 Å². The molecule has 0 unspecified atom stereocenters. The second kappa shape index (κ2) is 11.7. The largest absolute Gasteiger partial charge is 0.493 e. The van der Waals surface area contributed by atoms with Crippen LogP contribution in [0.25, 0.3) is 6.08 Å². The molecule has 0 radical (unpaired) electrons. The number of methoxy groups -OCH3 is 1. The van der Waals surface area contributed by atoms with Gasteiger partial charge in [-0.1, -0.05) is 6.07 Å². The zero-order valence-corrected chi connectivity index (χ0v) is 21.5. The van der Waals surface area contributed by atoms with E-state index in [0.717, 1.165) is 23.1 Å². The van der Waals surface area contributed by atoms with Crippen molar-refractivity contribution in [2.24, 2.45) is 0 Å². The number of carbonyl (C=O) groups excluding carboxylic acids is 3. The van der Waals surface area contributed by atoms with Crippen molar-refractivity contribution in [1.29, 1.82) is 0 Å². The van der Waals surface area contributed by atoms with Gasteiger partial charge in [-0.05, 0) is 71.9 Å². The Bertz CT molecular complexity index is 1580. The van der Waals surface area contributed by atoms with Crippen molar-refractivity contribution in [3.8, 4) is 17.2 Å². The molecule has 10 nitrogen and oxygen atoms in total. The smallest absolute Gasteiger partial charge is 0.416 e. The molecule has 0 aliphatic carbocycles. The molecule has 1 aliphatic rings. The molecular weight excluding hydrogens is 574 g/mol. The second-order valence-electron chi connectivity index (χ2n) is 8.27. The minimum absolute atomic E-state index is 0.0151. The summed E-state index contributed by atoms with van der Waals surface area (Å²) >= 11 is 0.586. The van der Waals surface area contributed by atoms with E-state index in [2.05, 4.69) is 5.32 Å². The first-order valence-electron chi connectivity index (χ1n) is 11.4. The summed E-state index contributed by atoms with van der Waals surface area (Å²) in [4.78, 5) is 48.6. The van der Waals surface area contributed by atoms with Crippen LogP contribution in [0.5, 0.6) is 17.2 Å². The molecule has 0 spiro atoms. The zero-order chi connectivity index (χ0) is 29.9. The number of carbonyl (C=O) groups is 3. The Kier molecular flexibility index (Phi) is 8.28. The minimum atomic E-state index is -4.80. The van der Waals surface area contributed by atoms with Crippen molar-refractivity contribution in [2.45, 2.75) is 6.18 Å². The predicted molar refractivity (Wildman–Crippen MR) is 139 cm³/mol. The lowest BCUT2D eigenvalue weighted by Gasteiger charge is -2.13. The fourth-order valence-corrected chi connectivity index (χ4v) is 4.40. The third-order valence-corrected chi connectivity index (χ3v) is 6.40. The number of imide groups is 1. The Morgan fingerprint density at radius 2 is 1.73 bits per heavy atom. The highest BCUT2D eigenvalue weighted by Gasteiger charge is 2.36. The topological polar surface area (TPSA) is 128 Å². The SMILES string of the molecule is COc1cc(/C=C2/SC(=O)N(CC(=O)Nc3ccc(F)cc3)C2=O)ccc1Oc1ccc(C(F)(F)F)cc1[N+](=O)[O-]. The van der Waals surface area contributed by atoms with Crippen molar-refractivity contribution in [2.75, 3.05) is 19.0 Å². The maximum atomic E-state index is 13.0.